The molecule has 0 aliphatic rings. The van der Waals surface area contributed by atoms with Gasteiger partial charge >= 0.3 is 5.97 Å². The van der Waals surface area contributed by atoms with Crippen LogP contribution in [-0.4, -0.2) is 38.7 Å². The summed E-state index contributed by atoms with van der Waals surface area (Å²) in [5.74, 6) is -1.23. The second-order valence-corrected chi connectivity index (χ2v) is 9.97. The van der Waals surface area contributed by atoms with Gasteiger partial charge in [-0.05, 0) is 55.3 Å². The molecule has 1 unspecified atom stereocenters. The summed E-state index contributed by atoms with van der Waals surface area (Å²) in [4.78, 5) is 26.0. The molecule has 0 aliphatic heterocycles. The van der Waals surface area contributed by atoms with E-state index in [-0.39, 0.29) is 10.5 Å². The monoisotopic (exact) mass is 466 g/mol. The first-order chi connectivity index (χ1) is 15.6. The molecule has 1 atom stereocenters. The highest BCUT2D eigenvalue weighted by Crippen LogP contribution is 2.24. The molecular formula is C25H26N2O5S. The smallest absolute Gasteiger partial charge is 0.339 e. The van der Waals surface area contributed by atoms with E-state index in [0.717, 1.165) is 15.4 Å². The molecule has 0 bridgehead atoms. The maximum atomic E-state index is 13.1. The fourth-order valence-corrected chi connectivity index (χ4v) is 4.02. The molecule has 0 spiro atoms. The van der Waals surface area contributed by atoms with Crippen LogP contribution in [0.25, 0.3) is 0 Å². The van der Waals surface area contributed by atoms with E-state index in [4.69, 9.17) is 4.74 Å². The minimum absolute atomic E-state index is 0.0522. The lowest BCUT2D eigenvalue weighted by atomic mass is 10.1. The Morgan fingerprint density at radius 3 is 2.15 bits per heavy atom. The molecule has 0 aliphatic carbocycles. The SMILES string of the molecule is Cc1ccc(C)c(NC(=O)C(OC(=O)c2ccc(S(=O)(=O)N(C)C)cc2)c2ccccc2)c1. The van der Waals surface area contributed by atoms with Crippen molar-refractivity contribution in [3.63, 3.8) is 0 Å². The van der Waals surface area contributed by atoms with Gasteiger partial charge in [-0.2, -0.15) is 0 Å². The summed E-state index contributed by atoms with van der Waals surface area (Å²) >= 11 is 0. The van der Waals surface area contributed by atoms with Crippen molar-refractivity contribution >= 4 is 27.6 Å². The number of sulfonamides is 1. The summed E-state index contributed by atoms with van der Waals surface area (Å²) in [6.45, 7) is 3.80. The molecule has 0 aromatic heterocycles. The predicted octanol–water partition coefficient (Wildman–Crippen LogP) is 4.09. The van der Waals surface area contributed by atoms with Crippen molar-refractivity contribution in [2.45, 2.75) is 24.8 Å². The number of amides is 1. The third-order valence-corrected chi connectivity index (χ3v) is 6.91. The van der Waals surface area contributed by atoms with Crippen molar-refractivity contribution in [3.05, 3.63) is 95.1 Å². The van der Waals surface area contributed by atoms with Gasteiger partial charge in [0.05, 0.1) is 10.5 Å². The molecular weight excluding hydrogens is 440 g/mol. The van der Waals surface area contributed by atoms with Gasteiger partial charge in [0.15, 0.2) is 0 Å². The van der Waals surface area contributed by atoms with Crippen molar-refractivity contribution in [1.82, 2.24) is 4.31 Å². The summed E-state index contributed by atoms with van der Waals surface area (Å²) < 4.78 is 31.2. The average Bonchev–Trinajstić information content (AvgIpc) is 2.80. The number of carbonyl (C=O) groups excluding carboxylic acids is 2. The second kappa shape index (κ2) is 9.97. The third-order valence-electron chi connectivity index (χ3n) is 5.08. The Kier molecular flexibility index (Phi) is 7.30. The van der Waals surface area contributed by atoms with Crippen LogP contribution < -0.4 is 5.32 Å². The number of ether oxygens (including phenoxy) is 1. The van der Waals surface area contributed by atoms with Crippen LogP contribution >= 0.6 is 0 Å². The lowest BCUT2D eigenvalue weighted by Crippen LogP contribution is -2.26. The van der Waals surface area contributed by atoms with Crippen LogP contribution in [0.2, 0.25) is 0 Å². The zero-order valence-electron chi connectivity index (χ0n) is 18.9. The van der Waals surface area contributed by atoms with Gasteiger partial charge < -0.3 is 10.1 Å². The van der Waals surface area contributed by atoms with E-state index in [9.17, 15) is 18.0 Å². The van der Waals surface area contributed by atoms with Gasteiger partial charge in [0, 0.05) is 25.3 Å². The zero-order chi connectivity index (χ0) is 24.2. The van der Waals surface area contributed by atoms with Crippen molar-refractivity contribution < 1.29 is 22.7 Å². The van der Waals surface area contributed by atoms with Crippen LogP contribution in [0.5, 0.6) is 0 Å². The molecule has 3 aromatic rings. The number of hydrogen-bond donors (Lipinski definition) is 1. The molecule has 172 valence electrons. The van der Waals surface area contributed by atoms with Gasteiger partial charge in [-0.1, -0.05) is 42.5 Å². The zero-order valence-corrected chi connectivity index (χ0v) is 19.7. The van der Waals surface area contributed by atoms with Gasteiger partial charge in [-0.15, -0.1) is 0 Å². The van der Waals surface area contributed by atoms with Crippen molar-refractivity contribution in [2.75, 3.05) is 19.4 Å². The summed E-state index contributed by atoms with van der Waals surface area (Å²) in [7, 11) is -0.770. The van der Waals surface area contributed by atoms with Gasteiger partial charge in [0.1, 0.15) is 0 Å². The van der Waals surface area contributed by atoms with E-state index in [1.54, 1.807) is 30.3 Å². The Labute approximate surface area is 194 Å². The van der Waals surface area contributed by atoms with E-state index >= 15 is 0 Å². The highest BCUT2D eigenvalue weighted by atomic mass is 32.2. The fraction of sp³-hybridized carbons (Fsp3) is 0.200. The number of hydrogen-bond acceptors (Lipinski definition) is 5. The Balaban J connectivity index is 1.86. The summed E-state index contributed by atoms with van der Waals surface area (Å²) in [5, 5.41) is 2.85. The van der Waals surface area contributed by atoms with Crippen LogP contribution in [0.3, 0.4) is 0 Å². The van der Waals surface area contributed by atoms with Crippen molar-refractivity contribution in [1.29, 1.82) is 0 Å². The Morgan fingerprint density at radius 1 is 0.909 bits per heavy atom. The van der Waals surface area contributed by atoms with Crippen LogP contribution in [0, 0.1) is 13.8 Å². The third kappa shape index (κ3) is 5.66. The molecule has 0 saturated carbocycles. The largest absolute Gasteiger partial charge is 0.444 e. The van der Waals surface area contributed by atoms with Gasteiger partial charge in [-0.25, -0.2) is 17.5 Å². The number of esters is 1. The number of nitrogens with zero attached hydrogens (tertiary/aromatic N) is 1. The molecule has 8 heteroatoms. The number of carbonyl (C=O) groups is 2. The summed E-state index contributed by atoms with van der Waals surface area (Å²) in [6.07, 6.45) is -1.19. The normalized spacial score (nSPS) is 12.3. The topological polar surface area (TPSA) is 92.8 Å². The number of benzene rings is 3. The molecule has 0 fully saturated rings. The molecule has 1 N–H and O–H groups in total. The Bertz CT molecular complexity index is 1250. The summed E-state index contributed by atoms with van der Waals surface area (Å²) in [6, 6.07) is 19.8. The molecule has 0 radical (unpaired) electrons. The molecule has 1 amide bonds. The Morgan fingerprint density at radius 2 is 1.55 bits per heavy atom. The van der Waals surface area contributed by atoms with E-state index in [2.05, 4.69) is 5.32 Å². The molecule has 3 rings (SSSR count). The number of rotatable bonds is 7. The lowest BCUT2D eigenvalue weighted by molar-refractivity contribution is -0.125. The van der Waals surface area contributed by atoms with E-state index < -0.39 is 28.0 Å². The first-order valence-electron chi connectivity index (χ1n) is 10.3. The second-order valence-electron chi connectivity index (χ2n) is 7.82. The standard InChI is InChI=1S/C25H26N2O5S/c1-17-10-11-18(2)22(16-17)26-24(28)23(19-8-6-5-7-9-19)32-25(29)20-12-14-21(15-13-20)33(30,31)27(3)4/h5-16,23H,1-4H3,(H,26,28). The highest BCUT2D eigenvalue weighted by Gasteiger charge is 2.26. The molecule has 0 heterocycles. The number of nitrogens with one attached hydrogen (secondary N) is 1. The highest BCUT2D eigenvalue weighted by molar-refractivity contribution is 7.89. The molecule has 3 aromatic carbocycles. The van der Waals surface area contributed by atoms with E-state index in [1.807, 2.05) is 32.0 Å². The van der Waals surface area contributed by atoms with Crippen LogP contribution in [-0.2, 0) is 19.6 Å². The fourth-order valence-electron chi connectivity index (χ4n) is 3.12. The maximum Gasteiger partial charge on any atom is 0.339 e. The first-order valence-corrected chi connectivity index (χ1v) is 11.7. The number of aryl methyl sites for hydroxylation is 2. The molecule has 7 nitrogen and oxygen atoms in total. The Hall–Kier alpha value is -3.49. The van der Waals surface area contributed by atoms with Crippen molar-refractivity contribution in [2.24, 2.45) is 0 Å². The minimum Gasteiger partial charge on any atom is -0.444 e. The van der Waals surface area contributed by atoms with E-state index in [1.165, 1.54) is 38.4 Å². The van der Waals surface area contributed by atoms with Crippen LogP contribution in [0.15, 0.2) is 77.7 Å². The average molecular weight is 467 g/mol. The van der Waals surface area contributed by atoms with E-state index in [0.29, 0.717) is 11.3 Å². The van der Waals surface area contributed by atoms with Crippen LogP contribution in [0.1, 0.15) is 33.2 Å². The van der Waals surface area contributed by atoms with Crippen molar-refractivity contribution in [3.8, 4) is 0 Å². The van der Waals surface area contributed by atoms with Gasteiger partial charge in [-0.3, -0.25) is 4.79 Å². The molecule has 0 saturated heterocycles. The predicted molar refractivity (Wildman–Crippen MR) is 126 cm³/mol. The molecule has 33 heavy (non-hydrogen) atoms. The quantitative estimate of drug-likeness (QED) is 0.530. The minimum atomic E-state index is -3.62. The number of anilines is 1. The lowest BCUT2D eigenvalue weighted by Gasteiger charge is -2.19. The van der Waals surface area contributed by atoms with Gasteiger partial charge in [0.2, 0.25) is 16.1 Å². The first kappa shape index (κ1) is 24.2. The van der Waals surface area contributed by atoms with Crippen LogP contribution in [0.4, 0.5) is 5.69 Å². The van der Waals surface area contributed by atoms with Gasteiger partial charge in [0.25, 0.3) is 5.91 Å². The summed E-state index contributed by atoms with van der Waals surface area (Å²) in [5.41, 5.74) is 3.14. The maximum absolute atomic E-state index is 13.1.